The fraction of sp³-hybridized carbons (Fsp3) is 0.391. The highest BCUT2D eigenvalue weighted by atomic mass is 32.2. The van der Waals surface area contributed by atoms with E-state index in [-0.39, 0.29) is 17.7 Å². The topological polar surface area (TPSA) is 154 Å². The first-order valence-electron chi connectivity index (χ1n) is 10.8. The number of rotatable bonds is 10. The lowest BCUT2D eigenvalue weighted by Crippen LogP contribution is -2.52. The van der Waals surface area contributed by atoms with E-state index in [1.54, 1.807) is 20.8 Å². The molecule has 0 aliphatic rings. The maximum absolute atomic E-state index is 14.5. The number of methoxy groups -OCH3 is 1. The molecule has 2 N–H and O–H groups in total. The minimum absolute atomic E-state index is 0.0834. The van der Waals surface area contributed by atoms with Crippen LogP contribution in [0.4, 0.5) is 10.1 Å². The monoisotopic (exact) mass is 525 g/mol. The van der Waals surface area contributed by atoms with E-state index in [2.05, 4.69) is 10.0 Å². The molecule has 0 aliphatic heterocycles. The number of hydrogen-bond acceptors (Lipinski definition) is 8. The molecule has 2 rings (SSSR count). The maximum atomic E-state index is 14.5. The smallest absolute Gasteiger partial charge is 0.329 e. The van der Waals surface area contributed by atoms with Crippen LogP contribution < -0.4 is 14.8 Å². The Kier molecular flexibility index (Phi) is 9.10. The number of ether oxygens (including phenoxy) is 2. The molecular weight excluding hydrogens is 497 g/mol. The summed E-state index contributed by atoms with van der Waals surface area (Å²) < 4.78 is 52.3. The van der Waals surface area contributed by atoms with Crippen molar-refractivity contribution >= 4 is 27.6 Å². The van der Waals surface area contributed by atoms with Crippen molar-refractivity contribution < 1.29 is 36.8 Å². The summed E-state index contributed by atoms with van der Waals surface area (Å²) in [6, 6.07) is 5.83. The van der Waals surface area contributed by atoms with E-state index in [1.165, 1.54) is 38.3 Å². The number of carbonyl (C=O) groups is 2. The summed E-state index contributed by atoms with van der Waals surface area (Å²) in [5, 5.41) is 13.6. The number of nitrogens with one attached hydrogen (secondary N) is 2. The predicted molar refractivity (Wildman–Crippen MR) is 127 cm³/mol. The number of hydrogen-bond donors (Lipinski definition) is 2. The molecule has 0 saturated heterocycles. The average Bonchev–Trinajstić information content (AvgIpc) is 2.78. The normalized spacial score (nSPS) is 13.4. The van der Waals surface area contributed by atoms with Crippen LogP contribution in [-0.4, -0.2) is 50.0 Å². The van der Waals surface area contributed by atoms with Gasteiger partial charge in [0.2, 0.25) is 15.9 Å². The van der Waals surface area contributed by atoms with E-state index in [0.29, 0.717) is 0 Å². The Morgan fingerprint density at radius 2 is 1.81 bits per heavy atom. The van der Waals surface area contributed by atoms with Crippen molar-refractivity contribution in [3.8, 4) is 5.75 Å². The molecule has 0 heterocycles. The van der Waals surface area contributed by atoms with Gasteiger partial charge in [-0.15, -0.1) is 0 Å². The molecule has 36 heavy (non-hydrogen) atoms. The zero-order chi connectivity index (χ0) is 27.3. The number of halogens is 1. The van der Waals surface area contributed by atoms with Gasteiger partial charge in [-0.3, -0.25) is 14.9 Å². The minimum atomic E-state index is -4.48. The third-order valence-corrected chi connectivity index (χ3v) is 6.36. The fourth-order valence-corrected chi connectivity index (χ4v) is 4.46. The Bertz CT molecular complexity index is 1240. The van der Waals surface area contributed by atoms with Crippen molar-refractivity contribution in [2.75, 3.05) is 7.11 Å². The highest BCUT2D eigenvalue weighted by Gasteiger charge is 2.32. The number of para-hydroxylation sites is 1. The van der Waals surface area contributed by atoms with Gasteiger partial charge in [-0.25, -0.2) is 17.6 Å². The Morgan fingerprint density at radius 1 is 1.17 bits per heavy atom. The number of nitro benzene ring substituents is 1. The molecule has 2 aromatic carbocycles. The Labute approximate surface area is 208 Å². The van der Waals surface area contributed by atoms with Crippen LogP contribution in [0.1, 0.15) is 33.3 Å². The number of carbonyl (C=O) groups excluding carboxylic acids is 2. The lowest BCUT2D eigenvalue weighted by Gasteiger charge is -2.26. The summed E-state index contributed by atoms with van der Waals surface area (Å²) in [6.07, 6.45) is -0.292. The zero-order valence-electron chi connectivity index (χ0n) is 20.4. The van der Waals surface area contributed by atoms with Gasteiger partial charge in [-0.1, -0.05) is 18.2 Å². The van der Waals surface area contributed by atoms with Crippen molar-refractivity contribution in [2.45, 2.75) is 56.7 Å². The van der Waals surface area contributed by atoms with Crippen LogP contribution in [0.5, 0.6) is 5.75 Å². The minimum Gasteiger partial charge on any atom is -0.497 e. The number of benzene rings is 2. The number of sulfonamides is 1. The molecule has 2 aromatic rings. The van der Waals surface area contributed by atoms with Gasteiger partial charge in [0.25, 0.3) is 5.69 Å². The van der Waals surface area contributed by atoms with Gasteiger partial charge >= 0.3 is 5.97 Å². The molecule has 0 aromatic heterocycles. The van der Waals surface area contributed by atoms with Crippen molar-refractivity contribution in [3.63, 3.8) is 0 Å². The zero-order valence-corrected chi connectivity index (χ0v) is 21.2. The quantitative estimate of drug-likeness (QED) is 0.272. The predicted octanol–water partition coefficient (Wildman–Crippen LogP) is 2.48. The molecule has 0 spiro atoms. The molecule has 0 bridgehead atoms. The molecule has 13 heteroatoms. The van der Waals surface area contributed by atoms with Crippen molar-refractivity contribution in [1.29, 1.82) is 0 Å². The van der Waals surface area contributed by atoms with Crippen LogP contribution >= 0.6 is 0 Å². The second kappa shape index (κ2) is 11.4. The van der Waals surface area contributed by atoms with Crippen LogP contribution in [0.15, 0.2) is 47.4 Å². The second-order valence-corrected chi connectivity index (χ2v) is 10.5. The van der Waals surface area contributed by atoms with Gasteiger partial charge in [-0.2, -0.15) is 4.72 Å². The van der Waals surface area contributed by atoms with E-state index in [4.69, 9.17) is 9.47 Å². The number of amides is 1. The van der Waals surface area contributed by atoms with Gasteiger partial charge in [0.15, 0.2) is 4.90 Å². The van der Waals surface area contributed by atoms with Crippen LogP contribution in [0, 0.1) is 15.9 Å². The summed E-state index contributed by atoms with van der Waals surface area (Å²) >= 11 is 0. The van der Waals surface area contributed by atoms with E-state index in [0.717, 1.165) is 18.2 Å². The van der Waals surface area contributed by atoms with Gasteiger partial charge in [-0.05, 0) is 45.4 Å². The molecule has 196 valence electrons. The van der Waals surface area contributed by atoms with E-state index < -0.39 is 60.9 Å². The molecule has 0 fully saturated rings. The van der Waals surface area contributed by atoms with Crippen LogP contribution in [0.2, 0.25) is 0 Å². The van der Waals surface area contributed by atoms with E-state index >= 15 is 0 Å². The lowest BCUT2D eigenvalue weighted by molar-refractivity contribution is -0.387. The van der Waals surface area contributed by atoms with Crippen molar-refractivity contribution in [3.05, 3.63) is 64.0 Å². The molecule has 0 saturated carbocycles. The summed E-state index contributed by atoms with van der Waals surface area (Å²) in [5.41, 5.74) is -1.50. The summed E-state index contributed by atoms with van der Waals surface area (Å²) in [7, 11) is -3.12. The molecule has 0 aliphatic carbocycles. The number of esters is 1. The fourth-order valence-electron chi connectivity index (χ4n) is 3.09. The van der Waals surface area contributed by atoms with E-state index in [1.807, 2.05) is 0 Å². The maximum Gasteiger partial charge on any atom is 0.329 e. The van der Waals surface area contributed by atoms with Gasteiger partial charge in [0.1, 0.15) is 23.2 Å². The summed E-state index contributed by atoms with van der Waals surface area (Å²) in [6.45, 7) is 6.03. The summed E-state index contributed by atoms with van der Waals surface area (Å²) in [5.74, 6) is -2.21. The Morgan fingerprint density at radius 3 is 2.36 bits per heavy atom. The third kappa shape index (κ3) is 7.71. The second-order valence-electron chi connectivity index (χ2n) is 8.82. The van der Waals surface area contributed by atoms with Crippen LogP contribution in [-0.2, 0) is 30.8 Å². The average molecular weight is 526 g/mol. The number of nitrogens with zero attached hydrogens (tertiary/aromatic N) is 1. The first-order valence-corrected chi connectivity index (χ1v) is 12.2. The standard InChI is InChI=1S/C23H28FN3O8S/c1-14(26-36(32,33)20-9-7-6-8-19(20)27(30)31)21(28)25-18(22(29)35-23(2,3)4)12-15-10-11-16(34-5)13-17(15)24/h6-11,13-14,18,26H,12H2,1-5H3,(H,25,28)/t14-,18-/m0/s1. The third-order valence-electron chi connectivity index (χ3n) is 4.77. The Balaban J connectivity index is 2.27. The molecule has 2 atom stereocenters. The highest BCUT2D eigenvalue weighted by molar-refractivity contribution is 7.89. The SMILES string of the molecule is COc1ccc(C[C@H](NC(=O)[C@H](C)NS(=O)(=O)c2ccccc2[N+](=O)[O-])C(=O)OC(C)(C)C)c(F)c1. The first-order chi connectivity index (χ1) is 16.6. The van der Waals surface area contributed by atoms with Crippen LogP contribution in [0.3, 0.4) is 0 Å². The van der Waals surface area contributed by atoms with Gasteiger partial charge in [0.05, 0.1) is 18.1 Å². The molecule has 11 nitrogen and oxygen atoms in total. The van der Waals surface area contributed by atoms with Crippen molar-refractivity contribution in [1.82, 2.24) is 10.0 Å². The van der Waals surface area contributed by atoms with Crippen LogP contribution in [0.25, 0.3) is 0 Å². The highest BCUT2D eigenvalue weighted by Crippen LogP contribution is 2.23. The number of nitro groups is 1. The van der Waals surface area contributed by atoms with Crippen molar-refractivity contribution in [2.24, 2.45) is 0 Å². The first kappa shape index (κ1) is 28.7. The molecule has 0 radical (unpaired) electrons. The lowest BCUT2D eigenvalue weighted by atomic mass is 10.0. The molecule has 0 unspecified atom stereocenters. The Hall–Kier alpha value is -3.58. The van der Waals surface area contributed by atoms with Gasteiger partial charge < -0.3 is 14.8 Å². The summed E-state index contributed by atoms with van der Waals surface area (Å²) in [4.78, 5) is 35.3. The van der Waals surface area contributed by atoms with Gasteiger partial charge in [0, 0.05) is 18.6 Å². The van der Waals surface area contributed by atoms with E-state index in [9.17, 15) is 32.5 Å². The molecule has 1 amide bonds. The largest absolute Gasteiger partial charge is 0.497 e. The molecular formula is C23H28FN3O8S.